The summed E-state index contributed by atoms with van der Waals surface area (Å²) in [6.45, 7) is 3.56. The van der Waals surface area contributed by atoms with Gasteiger partial charge in [-0.05, 0) is 25.5 Å². The molecule has 7 nitrogen and oxygen atoms in total. The average Bonchev–Trinajstić information content (AvgIpc) is 2.60. The molecule has 25 heavy (non-hydrogen) atoms. The number of carbonyl (C=O) groups excluding carboxylic acids is 3. The second-order valence-electron chi connectivity index (χ2n) is 5.71. The van der Waals surface area contributed by atoms with E-state index in [1.54, 1.807) is 32.0 Å². The van der Waals surface area contributed by atoms with Crippen molar-refractivity contribution >= 4 is 28.7 Å². The molecule has 2 aromatic rings. The number of ether oxygens (including phenoxy) is 1. The number of fused-ring (bicyclic) bond motifs is 1. The summed E-state index contributed by atoms with van der Waals surface area (Å²) < 4.78 is 4.91. The molecular weight excluding hydrogens is 322 g/mol. The van der Waals surface area contributed by atoms with Crippen molar-refractivity contribution in [2.45, 2.75) is 26.3 Å². The molecule has 3 N–H and O–H groups in total. The molecule has 1 heterocycles. The zero-order valence-corrected chi connectivity index (χ0v) is 14.2. The van der Waals surface area contributed by atoms with Crippen LogP contribution in [0.25, 0.3) is 10.9 Å². The zero-order valence-electron chi connectivity index (χ0n) is 14.2. The number of para-hydroxylation sites is 1. The van der Waals surface area contributed by atoms with Crippen LogP contribution < -0.4 is 11.1 Å². The van der Waals surface area contributed by atoms with Crippen molar-refractivity contribution in [3.05, 3.63) is 42.1 Å². The summed E-state index contributed by atoms with van der Waals surface area (Å²) in [7, 11) is 0. The standard InChI is InChI=1S/C18H21N3O4/c1-3-25-18(24)11(2)10-15(16(19)22)21-17(23)14-9-8-12-6-4-5-7-13(12)20-14/h4-9,11,15H,3,10H2,1-2H3,(H2,19,22)(H,21,23)/t11-,15-/m1/s1. The van der Waals surface area contributed by atoms with Crippen molar-refractivity contribution in [1.82, 2.24) is 10.3 Å². The molecule has 0 saturated heterocycles. The Hall–Kier alpha value is -2.96. The highest BCUT2D eigenvalue weighted by molar-refractivity contribution is 5.97. The summed E-state index contributed by atoms with van der Waals surface area (Å²) in [6.07, 6.45) is 0.0630. The molecule has 1 aromatic heterocycles. The number of pyridine rings is 1. The fourth-order valence-corrected chi connectivity index (χ4v) is 2.41. The van der Waals surface area contributed by atoms with Gasteiger partial charge in [-0.3, -0.25) is 14.4 Å². The van der Waals surface area contributed by atoms with Gasteiger partial charge in [-0.2, -0.15) is 0 Å². The molecule has 0 aliphatic heterocycles. The van der Waals surface area contributed by atoms with E-state index in [0.717, 1.165) is 5.39 Å². The monoisotopic (exact) mass is 343 g/mol. The van der Waals surface area contributed by atoms with Crippen LogP contribution in [0.2, 0.25) is 0 Å². The van der Waals surface area contributed by atoms with Crippen LogP contribution in [0.5, 0.6) is 0 Å². The second-order valence-corrected chi connectivity index (χ2v) is 5.71. The van der Waals surface area contributed by atoms with E-state index in [4.69, 9.17) is 10.5 Å². The van der Waals surface area contributed by atoms with Crippen molar-refractivity contribution in [2.75, 3.05) is 6.61 Å². The molecule has 0 aliphatic rings. The van der Waals surface area contributed by atoms with Gasteiger partial charge in [0.25, 0.3) is 5.91 Å². The van der Waals surface area contributed by atoms with Crippen LogP contribution in [-0.4, -0.2) is 35.4 Å². The maximum atomic E-state index is 12.4. The maximum absolute atomic E-state index is 12.4. The first kappa shape index (κ1) is 18.4. The van der Waals surface area contributed by atoms with E-state index in [0.29, 0.717) is 5.52 Å². The number of carbonyl (C=O) groups is 3. The van der Waals surface area contributed by atoms with Gasteiger partial charge in [-0.25, -0.2) is 4.98 Å². The zero-order chi connectivity index (χ0) is 18.4. The third kappa shape index (κ3) is 4.76. The molecular formula is C18H21N3O4. The van der Waals surface area contributed by atoms with Crippen LogP contribution in [0.3, 0.4) is 0 Å². The molecule has 0 unspecified atom stereocenters. The number of primary amides is 1. The van der Waals surface area contributed by atoms with Crippen LogP contribution in [0, 0.1) is 5.92 Å². The van der Waals surface area contributed by atoms with E-state index in [-0.39, 0.29) is 18.7 Å². The summed E-state index contributed by atoms with van der Waals surface area (Å²) in [4.78, 5) is 40.0. The number of hydrogen-bond acceptors (Lipinski definition) is 5. The number of benzene rings is 1. The van der Waals surface area contributed by atoms with Crippen LogP contribution in [-0.2, 0) is 14.3 Å². The largest absolute Gasteiger partial charge is 0.466 e. The quantitative estimate of drug-likeness (QED) is 0.738. The minimum Gasteiger partial charge on any atom is -0.466 e. The first-order valence-electron chi connectivity index (χ1n) is 8.05. The lowest BCUT2D eigenvalue weighted by Crippen LogP contribution is -2.46. The van der Waals surface area contributed by atoms with Crippen molar-refractivity contribution in [2.24, 2.45) is 11.7 Å². The van der Waals surface area contributed by atoms with Gasteiger partial charge >= 0.3 is 5.97 Å². The average molecular weight is 343 g/mol. The summed E-state index contributed by atoms with van der Waals surface area (Å²) >= 11 is 0. The predicted molar refractivity (Wildman–Crippen MR) is 92.6 cm³/mol. The van der Waals surface area contributed by atoms with Crippen LogP contribution in [0.15, 0.2) is 36.4 Å². The normalized spacial score (nSPS) is 13.0. The Morgan fingerprint density at radius 2 is 1.92 bits per heavy atom. The smallest absolute Gasteiger partial charge is 0.308 e. The fourth-order valence-electron chi connectivity index (χ4n) is 2.41. The summed E-state index contributed by atoms with van der Waals surface area (Å²) in [5.74, 6) is -2.25. The molecule has 2 atom stereocenters. The van der Waals surface area contributed by atoms with E-state index < -0.39 is 29.7 Å². The van der Waals surface area contributed by atoms with E-state index in [9.17, 15) is 14.4 Å². The Balaban J connectivity index is 2.10. The molecule has 0 spiro atoms. The molecule has 0 bridgehead atoms. The summed E-state index contributed by atoms with van der Waals surface area (Å²) in [6, 6.07) is 9.74. The van der Waals surface area contributed by atoms with Gasteiger partial charge in [-0.1, -0.05) is 31.2 Å². The molecule has 132 valence electrons. The molecule has 0 aliphatic carbocycles. The Bertz CT molecular complexity index is 791. The number of esters is 1. The van der Waals surface area contributed by atoms with Gasteiger partial charge in [0, 0.05) is 5.39 Å². The maximum Gasteiger partial charge on any atom is 0.308 e. The molecule has 2 amide bonds. The van der Waals surface area contributed by atoms with E-state index in [2.05, 4.69) is 10.3 Å². The number of aromatic nitrogens is 1. The Kier molecular flexibility index (Phi) is 6.05. The SMILES string of the molecule is CCOC(=O)[C@H](C)C[C@@H](NC(=O)c1ccc2ccccc2n1)C(N)=O. The highest BCUT2D eigenvalue weighted by atomic mass is 16.5. The second kappa shape index (κ2) is 8.23. The third-order valence-electron chi connectivity index (χ3n) is 3.76. The molecule has 0 radical (unpaired) electrons. The lowest BCUT2D eigenvalue weighted by Gasteiger charge is -2.18. The van der Waals surface area contributed by atoms with E-state index in [1.807, 2.05) is 18.2 Å². The molecule has 7 heteroatoms. The van der Waals surface area contributed by atoms with Crippen molar-refractivity contribution < 1.29 is 19.1 Å². The first-order chi connectivity index (χ1) is 11.9. The summed E-state index contributed by atoms with van der Waals surface area (Å²) in [5.41, 5.74) is 6.20. The van der Waals surface area contributed by atoms with Crippen molar-refractivity contribution in [3.8, 4) is 0 Å². The van der Waals surface area contributed by atoms with Crippen LogP contribution in [0.4, 0.5) is 0 Å². The topological polar surface area (TPSA) is 111 Å². The minimum absolute atomic E-state index is 0.0630. The highest BCUT2D eigenvalue weighted by Gasteiger charge is 2.26. The van der Waals surface area contributed by atoms with Crippen LogP contribution in [0.1, 0.15) is 30.8 Å². The summed E-state index contributed by atoms with van der Waals surface area (Å²) in [5, 5.41) is 3.45. The minimum atomic E-state index is -0.986. The van der Waals surface area contributed by atoms with Gasteiger partial charge in [0.15, 0.2) is 0 Å². The number of amides is 2. The van der Waals surface area contributed by atoms with E-state index in [1.165, 1.54) is 0 Å². The number of hydrogen-bond donors (Lipinski definition) is 2. The van der Waals surface area contributed by atoms with Crippen molar-refractivity contribution in [3.63, 3.8) is 0 Å². The Morgan fingerprint density at radius 1 is 1.20 bits per heavy atom. The van der Waals surface area contributed by atoms with Gasteiger partial charge in [0.05, 0.1) is 18.0 Å². The number of nitrogens with two attached hydrogens (primary N) is 1. The lowest BCUT2D eigenvalue weighted by molar-refractivity contribution is -0.147. The Morgan fingerprint density at radius 3 is 2.60 bits per heavy atom. The molecule has 0 saturated carbocycles. The number of rotatable bonds is 7. The first-order valence-corrected chi connectivity index (χ1v) is 8.05. The number of nitrogens with one attached hydrogen (secondary N) is 1. The van der Waals surface area contributed by atoms with Gasteiger partial charge in [0.2, 0.25) is 5.91 Å². The van der Waals surface area contributed by atoms with Crippen LogP contribution >= 0.6 is 0 Å². The lowest BCUT2D eigenvalue weighted by atomic mass is 10.0. The highest BCUT2D eigenvalue weighted by Crippen LogP contribution is 2.13. The predicted octanol–water partition coefficient (Wildman–Crippen LogP) is 1.41. The van der Waals surface area contributed by atoms with Gasteiger partial charge < -0.3 is 15.8 Å². The van der Waals surface area contributed by atoms with Crippen molar-refractivity contribution in [1.29, 1.82) is 0 Å². The molecule has 1 aromatic carbocycles. The third-order valence-corrected chi connectivity index (χ3v) is 3.76. The van der Waals surface area contributed by atoms with Gasteiger partial charge in [0.1, 0.15) is 11.7 Å². The molecule has 0 fully saturated rings. The Labute approximate surface area is 145 Å². The van der Waals surface area contributed by atoms with E-state index >= 15 is 0 Å². The van der Waals surface area contributed by atoms with Gasteiger partial charge in [-0.15, -0.1) is 0 Å². The molecule has 2 rings (SSSR count). The number of nitrogens with zero attached hydrogens (tertiary/aromatic N) is 1. The fraction of sp³-hybridized carbons (Fsp3) is 0.333.